The Labute approximate surface area is 191 Å². The molecule has 0 spiro atoms. The van der Waals surface area contributed by atoms with E-state index in [0.717, 1.165) is 16.3 Å². The molecular formula is C26H22N4O3. The Morgan fingerprint density at radius 2 is 1.97 bits per heavy atom. The van der Waals surface area contributed by atoms with Gasteiger partial charge < -0.3 is 15.2 Å². The molecule has 0 aliphatic carbocycles. The molecule has 0 aliphatic rings. The molecule has 1 aromatic heterocycles. The molecule has 0 unspecified atom stereocenters. The maximum atomic E-state index is 11.6. The summed E-state index contributed by atoms with van der Waals surface area (Å²) in [4.78, 5) is 20.2. The highest BCUT2D eigenvalue weighted by molar-refractivity contribution is 5.94. The number of carboxylic acids is 1. The maximum Gasteiger partial charge on any atom is 0.339 e. The van der Waals surface area contributed by atoms with Crippen molar-refractivity contribution in [2.75, 3.05) is 18.5 Å². The Morgan fingerprint density at radius 3 is 2.76 bits per heavy atom. The summed E-state index contributed by atoms with van der Waals surface area (Å²) in [6.07, 6.45) is 2.07. The summed E-state index contributed by atoms with van der Waals surface area (Å²) < 4.78 is 5.64. The van der Waals surface area contributed by atoms with Crippen LogP contribution in [-0.4, -0.2) is 34.2 Å². The quantitative estimate of drug-likeness (QED) is 0.402. The molecule has 2 N–H and O–H groups in total. The molecule has 0 fully saturated rings. The van der Waals surface area contributed by atoms with Crippen LogP contribution < -0.4 is 10.1 Å². The first-order chi connectivity index (χ1) is 16.1. The monoisotopic (exact) mass is 438 g/mol. The van der Waals surface area contributed by atoms with Gasteiger partial charge in [0.25, 0.3) is 0 Å². The highest BCUT2D eigenvalue weighted by Gasteiger charge is 2.17. The van der Waals surface area contributed by atoms with E-state index in [2.05, 4.69) is 21.4 Å². The van der Waals surface area contributed by atoms with E-state index < -0.39 is 5.97 Å². The largest absolute Gasteiger partial charge is 0.492 e. The van der Waals surface area contributed by atoms with Gasteiger partial charge in [-0.1, -0.05) is 36.4 Å². The normalized spacial score (nSPS) is 10.5. The van der Waals surface area contributed by atoms with Gasteiger partial charge in [-0.2, -0.15) is 5.26 Å². The van der Waals surface area contributed by atoms with Crippen molar-refractivity contribution in [2.45, 2.75) is 13.3 Å². The number of aromatic nitrogens is 2. The fourth-order valence-corrected chi connectivity index (χ4v) is 3.83. The lowest BCUT2D eigenvalue weighted by molar-refractivity contribution is 0.0692. The van der Waals surface area contributed by atoms with Crippen LogP contribution in [0.3, 0.4) is 0 Å². The number of aromatic carboxylic acids is 1. The van der Waals surface area contributed by atoms with Crippen LogP contribution in [0.1, 0.15) is 28.4 Å². The van der Waals surface area contributed by atoms with Gasteiger partial charge in [0.2, 0.25) is 0 Å². The summed E-state index contributed by atoms with van der Waals surface area (Å²) in [5.41, 5.74) is 2.88. The van der Waals surface area contributed by atoms with Gasteiger partial charge in [0.15, 0.2) is 0 Å². The van der Waals surface area contributed by atoms with Gasteiger partial charge in [-0.3, -0.25) is 0 Å². The van der Waals surface area contributed by atoms with Crippen molar-refractivity contribution in [1.82, 2.24) is 9.97 Å². The zero-order valence-corrected chi connectivity index (χ0v) is 18.1. The van der Waals surface area contributed by atoms with Crippen LogP contribution in [0.5, 0.6) is 5.75 Å². The first-order valence-electron chi connectivity index (χ1n) is 10.6. The van der Waals surface area contributed by atoms with E-state index in [1.807, 2.05) is 36.4 Å². The minimum atomic E-state index is -1.06. The fourth-order valence-electron chi connectivity index (χ4n) is 3.83. The Bertz CT molecular complexity index is 1360. The predicted octanol–water partition coefficient (Wildman–Crippen LogP) is 4.92. The number of fused-ring (bicyclic) bond motifs is 1. The number of anilines is 1. The number of carboxylic acid groups (broad SMARTS) is 1. The molecule has 4 rings (SSSR count). The van der Waals surface area contributed by atoms with Crippen molar-refractivity contribution in [1.29, 1.82) is 5.26 Å². The lowest BCUT2D eigenvalue weighted by Gasteiger charge is -2.14. The van der Waals surface area contributed by atoms with E-state index >= 15 is 0 Å². The highest BCUT2D eigenvalue weighted by Crippen LogP contribution is 2.33. The van der Waals surface area contributed by atoms with E-state index in [1.165, 1.54) is 12.4 Å². The van der Waals surface area contributed by atoms with Crippen LogP contribution in [0.15, 0.2) is 67.0 Å². The third-order valence-electron chi connectivity index (χ3n) is 5.32. The number of benzene rings is 3. The van der Waals surface area contributed by atoms with Crippen LogP contribution >= 0.6 is 0 Å². The number of ether oxygens (including phenoxy) is 1. The summed E-state index contributed by atoms with van der Waals surface area (Å²) in [5, 5.41) is 24.5. The van der Waals surface area contributed by atoms with Gasteiger partial charge in [0.1, 0.15) is 23.5 Å². The highest BCUT2D eigenvalue weighted by atomic mass is 16.5. The summed E-state index contributed by atoms with van der Waals surface area (Å²) in [6.45, 7) is 2.70. The molecule has 0 bridgehead atoms. The number of nitrogens with one attached hydrogen (secondary N) is 1. The Hall–Kier alpha value is -4.44. The van der Waals surface area contributed by atoms with Crippen LogP contribution in [0.25, 0.3) is 22.0 Å². The lowest BCUT2D eigenvalue weighted by Crippen LogP contribution is -2.08. The zero-order valence-electron chi connectivity index (χ0n) is 18.1. The molecular weight excluding hydrogens is 416 g/mol. The Balaban J connectivity index is 1.58. The number of nitrogens with zero attached hydrogens (tertiary/aromatic N) is 3. The van der Waals surface area contributed by atoms with E-state index in [9.17, 15) is 15.2 Å². The molecule has 7 nitrogen and oxygen atoms in total. The molecule has 3 aromatic carbocycles. The van der Waals surface area contributed by atoms with Crippen LogP contribution in [-0.2, 0) is 6.42 Å². The third-order valence-corrected chi connectivity index (χ3v) is 5.32. The van der Waals surface area contributed by atoms with Crippen molar-refractivity contribution in [3.05, 3.63) is 83.7 Å². The van der Waals surface area contributed by atoms with E-state index in [-0.39, 0.29) is 11.3 Å². The minimum Gasteiger partial charge on any atom is -0.492 e. The van der Waals surface area contributed by atoms with Gasteiger partial charge in [0.05, 0.1) is 23.9 Å². The molecule has 33 heavy (non-hydrogen) atoms. The lowest BCUT2D eigenvalue weighted by atomic mass is 9.97. The third kappa shape index (κ3) is 4.60. The first-order valence-corrected chi connectivity index (χ1v) is 10.6. The average molecular weight is 438 g/mol. The second-order valence-corrected chi connectivity index (χ2v) is 7.31. The predicted molar refractivity (Wildman–Crippen MR) is 126 cm³/mol. The molecule has 4 aromatic rings. The van der Waals surface area contributed by atoms with Gasteiger partial charge in [0, 0.05) is 18.2 Å². The Morgan fingerprint density at radius 1 is 1.12 bits per heavy atom. The number of hydrogen-bond donors (Lipinski definition) is 2. The summed E-state index contributed by atoms with van der Waals surface area (Å²) >= 11 is 0. The molecule has 7 heteroatoms. The van der Waals surface area contributed by atoms with Crippen LogP contribution in [0.2, 0.25) is 0 Å². The topological polar surface area (TPSA) is 108 Å². The van der Waals surface area contributed by atoms with Gasteiger partial charge in [-0.15, -0.1) is 0 Å². The average Bonchev–Trinajstić information content (AvgIpc) is 2.84. The number of carbonyl (C=O) groups is 1. The molecule has 0 aliphatic heterocycles. The molecule has 0 saturated heterocycles. The minimum absolute atomic E-state index is 0.0856. The summed E-state index contributed by atoms with van der Waals surface area (Å²) in [5.74, 6) is -0.176. The zero-order chi connectivity index (χ0) is 23.2. The number of para-hydroxylation sites is 1. The maximum absolute atomic E-state index is 11.6. The summed E-state index contributed by atoms with van der Waals surface area (Å²) in [6, 6.07) is 20.8. The molecule has 0 radical (unpaired) electrons. The summed E-state index contributed by atoms with van der Waals surface area (Å²) in [7, 11) is 0. The molecule has 0 atom stereocenters. The fraction of sp³-hybridized carbons (Fsp3) is 0.154. The number of hydrogen-bond acceptors (Lipinski definition) is 6. The van der Waals surface area contributed by atoms with Crippen molar-refractivity contribution < 1.29 is 14.6 Å². The second-order valence-electron chi connectivity index (χ2n) is 7.31. The molecule has 164 valence electrons. The first kappa shape index (κ1) is 21.8. The van der Waals surface area contributed by atoms with E-state index in [4.69, 9.17) is 4.74 Å². The standard InChI is InChI=1S/C26H22N4O3/c1-2-33-25-21(8-5-9-22(25)26(31)32)23-14-24(30-16-29-23)28-13-12-20-18(15-27)11-10-17-6-3-4-7-19(17)20/h3-11,14,16H,2,12-13H2,1H3,(H,31,32)(H,28,29,30). The smallest absolute Gasteiger partial charge is 0.339 e. The van der Waals surface area contributed by atoms with Crippen LogP contribution in [0, 0.1) is 11.3 Å². The van der Waals surface area contributed by atoms with Gasteiger partial charge in [-0.25, -0.2) is 14.8 Å². The van der Waals surface area contributed by atoms with Gasteiger partial charge in [-0.05, 0) is 47.9 Å². The van der Waals surface area contributed by atoms with Crippen LogP contribution in [0.4, 0.5) is 5.82 Å². The number of rotatable bonds is 8. The molecule has 1 heterocycles. The van der Waals surface area contributed by atoms with Crippen molar-refractivity contribution in [2.24, 2.45) is 0 Å². The Kier molecular flexibility index (Phi) is 6.46. The molecule has 0 saturated carbocycles. The van der Waals surface area contributed by atoms with Gasteiger partial charge >= 0.3 is 5.97 Å². The van der Waals surface area contributed by atoms with Crippen molar-refractivity contribution >= 4 is 22.6 Å². The van der Waals surface area contributed by atoms with Crippen molar-refractivity contribution in [3.63, 3.8) is 0 Å². The van der Waals surface area contributed by atoms with E-state index in [1.54, 1.807) is 25.1 Å². The second kappa shape index (κ2) is 9.79. The number of nitriles is 1. The molecule has 0 amide bonds. The van der Waals surface area contributed by atoms with Crippen molar-refractivity contribution in [3.8, 4) is 23.1 Å². The SMILES string of the molecule is CCOc1c(C(=O)O)cccc1-c1cc(NCCc2c(C#N)ccc3ccccc23)ncn1. The van der Waals surface area contributed by atoms with E-state index in [0.29, 0.717) is 42.2 Å².